The molecule has 162 valence electrons. The molecule has 4 heteroatoms. The molecule has 0 N–H and O–H groups in total. The summed E-state index contributed by atoms with van der Waals surface area (Å²) in [5, 5.41) is 0. The van der Waals surface area contributed by atoms with Crippen LogP contribution in [-0.4, -0.2) is 63.8 Å². The van der Waals surface area contributed by atoms with Crippen molar-refractivity contribution in [2.45, 2.75) is 19.3 Å². The summed E-state index contributed by atoms with van der Waals surface area (Å²) in [7, 11) is 5.65. The molecule has 0 saturated carbocycles. The standard InChI is InChI=1S/C26H36N2O2/c1-27-18-14-24(15-19-27)21-28(20-16-23-8-12-26(30-3)13-9-23)17-4-5-22-6-10-25(29-2)11-7-22/h4-13,24H,14-21H2,1-3H3. The fourth-order valence-corrected chi connectivity index (χ4v) is 4.00. The van der Waals surface area contributed by atoms with Gasteiger partial charge in [-0.15, -0.1) is 0 Å². The van der Waals surface area contributed by atoms with Crippen LogP contribution < -0.4 is 9.47 Å². The first-order valence-electron chi connectivity index (χ1n) is 11.0. The van der Waals surface area contributed by atoms with Gasteiger partial charge in [-0.05, 0) is 80.7 Å². The third-order valence-electron chi connectivity index (χ3n) is 6.02. The Morgan fingerprint density at radius 1 is 0.933 bits per heavy atom. The Morgan fingerprint density at radius 2 is 1.53 bits per heavy atom. The summed E-state index contributed by atoms with van der Waals surface area (Å²) in [5.41, 5.74) is 2.58. The first-order chi connectivity index (χ1) is 14.7. The number of hydrogen-bond acceptors (Lipinski definition) is 4. The van der Waals surface area contributed by atoms with Gasteiger partial charge in [-0.2, -0.15) is 0 Å². The van der Waals surface area contributed by atoms with Crippen molar-refractivity contribution in [3.8, 4) is 11.5 Å². The van der Waals surface area contributed by atoms with Crippen LogP contribution in [0.4, 0.5) is 0 Å². The summed E-state index contributed by atoms with van der Waals surface area (Å²) >= 11 is 0. The molecule has 1 aliphatic rings. The van der Waals surface area contributed by atoms with Crippen LogP contribution >= 0.6 is 0 Å². The normalized spacial score (nSPS) is 15.7. The van der Waals surface area contributed by atoms with Crippen molar-refractivity contribution in [2.24, 2.45) is 5.92 Å². The number of methoxy groups -OCH3 is 2. The Bertz CT molecular complexity index is 763. The molecule has 4 nitrogen and oxygen atoms in total. The van der Waals surface area contributed by atoms with E-state index in [9.17, 15) is 0 Å². The van der Waals surface area contributed by atoms with E-state index in [1.54, 1.807) is 14.2 Å². The predicted octanol–water partition coefficient (Wildman–Crippen LogP) is 4.60. The van der Waals surface area contributed by atoms with Crippen molar-refractivity contribution in [3.05, 3.63) is 65.7 Å². The molecule has 0 radical (unpaired) electrons. The highest BCUT2D eigenvalue weighted by Gasteiger charge is 2.19. The zero-order valence-electron chi connectivity index (χ0n) is 18.7. The highest BCUT2D eigenvalue weighted by molar-refractivity contribution is 5.50. The quantitative estimate of drug-likeness (QED) is 0.573. The molecule has 1 fully saturated rings. The zero-order chi connectivity index (χ0) is 21.2. The number of nitrogens with zero attached hydrogens (tertiary/aromatic N) is 2. The van der Waals surface area contributed by atoms with Crippen molar-refractivity contribution in [3.63, 3.8) is 0 Å². The summed E-state index contributed by atoms with van der Waals surface area (Å²) in [6.45, 7) is 5.68. The molecular weight excluding hydrogens is 372 g/mol. The maximum absolute atomic E-state index is 5.28. The monoisotopic (exact) mass is 408 g/mol. The molecule has 0 atom stereocenters. The van der Waals surface area contributed by atoms with Crippen molar-refractivity contribution in [1.29, 1.82) is 0 Å². The van der Waals surface area contributed by atoms with Gasteiger partial charge < -0.3 is 14.4 Å². The minimum atomic E-state index is 0.798. The van der Waals surface area contributed by atoms with Crippen LogP contribution in [0.15, 0.2) is 54.6 Å². The van der Waals surface area contributed by atoms with Crippen LogP contribution in [0.2, 0.25) is 0 Å². The van der Waals surface area contributed by atoms with E-state index in [4.69, 9.17) is 9.47 Å². The number of rotatable bonds is 10. The lowest BCUT2D eigenvalue weighted by Crippen LogP contribution is -2.38. The van der Waals surface area contributed by atoms with Crippen LogP contribution in [0.5, 0.6) is 11.5 Å². The van der Waals surface area contributed by atoms with Gasteiger partial charge in [-0.1, -0.05) is 36.4 Å². The van der Waals surface area contributed by atoms with E-state index in [2.05, 4.69) is 65.4 Å². The summed E-state index contributed by atoms with van der Waals surface area (Å²) in [5.74, 6) is 2.62. The molecule has 1 heterocycles. The van der Waals surface area contributed by atoms with Gasteiger partial charge in [0.2, 0.25) is 0 Å². The average Bonchev–Trinajstić information content (AvgIpc) is 2.79. The number of likely N-dealkylation sites (tertiary alicyclic amines) is 1. The van der Waals surface area contributed by atoms with Crippen LogP contribution in [0, 0.1) is 5.92 Å². The van der Waals surface area contributed by atoms with Gasteiger partial charge in [-0.3, -0.25) is 4.90 Å². The first-order valence-corrected chi connectivity index (χ1v) is 11.0. The minimum Gasteiger partial charge on any atom is -0.497 e. The number of ether oxygens (including phenoxy) is 2. The summed E-state index contributed by atoms with van der Waals surface area (Å²) < 4.78 is 10.5. The van der Waals surface area contributed by atoms with E-state index in [1.165, 1.54) is 43.6 Å². The fraction of sp³-hybridized carbons (Fsp3) is 0.462. The van der Waals surface area contributed by atoms with Gasteiger partial charge in [0, 0.05) is 19.6 Å². The highest BCUT2D eigenvalue weighted by atomic mass is 16.5. The van der Waals surface area contributed by atoms with Gasteiger partial charge in [0.15, 0.2) is 0 Å². The van der Waals surface area contributed by atoms with Crippen LogP contribution in [0.1, 0.15) is 24.0 Å². The molecule has 3 rings (SSSR count). The van der Waals surface area contributed by atoms with Gasteiger partial charge >= 0.3 is 0 Å². The molecular formula is C26H36N2O2. The van der Waals surface area contributed by atoms with E-state index >= 15 is 0 Å². The molecule has 1 saturated heterocycles. The molecule has 2 aromatic carbocycles. The smallest absolute Gasteiger partial charge is 0.118 e. The number of piperidine rings is 1. The van der Waals surface area contributed by atoms with Gasteiger partial charge in [0.25, 0.3) is 0 Å². The topological polar surface area (TPSA) is 24.9 Å². The molecule has 0 amide bonds. The Balaban J connectivity index is 1.57. The second-order valence-corrected chi connectivity index (χ2v) is 8.28. The van der Waals surface area contributed by atoms with Crippen LogP contribution in [-0.2, 0) is 6.42 Å². The van der Waals surface area contributed by atoms with Gasteiger partial charge in [0.05, 0.1) is 14.2 Å². The molecule has 1 aliphatic heterocycles. The highest BCUT2D eigenvalue weighted by Crippen LogP contribution is 2.19. The Morgan fingerprint density at radius 3 is 2.13 bits per heavy atom. The van der Waals surface area contributed by atoms with Gasteiger partial charge in [0.1, 0.15) is 11.5 Å². The van der Waals surface area contributed by atoms with Crippen LogP contribution in [0.3, 0.4) is 0 Å². The largest absolute Gasteiger partial charge is 0.497 e. The number of benzene rings is 2. The molecule has 2 aromatic rings. The van der Waals surface area contributed by atoms with Gasteiger partial charge in [-0.25, -0.2) is 0 Å². The number of hydrogen-bond donors (Lipinski definition) is 0. The second kappa shape index (κ2) is 11.8. The molecule has 0 aliphatic carbocycles. The predicted molar refractivity (Wildman–Crippen MR) is 125 cm³/mol. The van der Waals surface area contributed by atoms with Crippen molar-refractivity contribution < 1.29 is 9.47 Å². The third-order valence-corrected chi connectivity index (χ3v) is 6.02. The summed E-state index contributed by atoms with van der Waals surface area (Å²) in [4.78, 5) is 5.06. The third kappa shape index (κ3) is 7.19. The minimum absolute atomic E-state index is 0.798. The molecule has 0 aromatic heterocycles. The van der Waals surface area contributed by atoms with E-state index in [0.29, 0.717) is 0 Å². The summed E-state index contributed by atoms with van der Waals surface area (Å²) in [6.07, 6.45) is 8.18. The lowest BCUT2D eigenvalue weighted by Gasteiger charge is -2.33. The maximum atomic E-state index is 5.28. The Labute approximate surface area is 182 Å². The second-order valence-electron chi connectivity index (χ2n) is 8.28. The Kier molecular flexibility index (Phi) is 8.79. The van der Waals surface area contributed by atoms with Crippen molar-refractivity contribution in [1.82, 2.24) is 9.80 Å². The van der Waals surface area contributed by atoms with E-state index in [-0.39, 0.29) is 0 Å². The lowest BCUT2D eigenvalue weighted by atomic mass is 9.96. The molecule has 0 spiro atoms. The van der Waals surface area contributed by atoms with E-state index in [1.807, 2.05) is 12.1 Å². The van der Waals surface area contributed by atoms with Crippen LogP contribution in [0.25, 0.3) is 6.08 Å². The maximum Gasteiger partial charge on any atom is 0.118 e. The molecule has 0 bridgehead atoms. The Hall–Kier alpha value is -2.30. The summed E-state index contributed by atoms with van der Waals surface area (Å²) in [6, 6.07) is 16.7. The first kappa shape index (κ1) is 22.4. The molecule has 30 heavy (non-hydrogen) atoms. The SMILES string of the molecule is COc1ccc(C=CCN(CCc2ccc(OC)cc2)CC2CCN(C)CC2)cc1. The van der Waals surface area contributed by atoms with Crippen molar-refractivity contribution in [2.75, 3.05) is 54.0 Å². The van der Waals surface area contributed by atoms with E-state index in [0.717, 1.165) is 36.9 Å². The van der Waals surface area contributed by atoms with E-state index < -0.39 is 0 Å². The average molecular weight is 409 g/mol. The fourth-order valence-electron chi connectivity index (χ4n) is 4.00. The van der Waals surface area contributed by atoms with Crippen molar-refractivity contribution >= 4 is 6.08 Å². The zero-order valence-corrected chi connectivity index (χ0v) is 18.7. The molecule has 0 unspecified atom stereocenters. The lowest BCUT2D eigenvalue weighted by molar-refractivity contribution is 0.169.